The van der Waals surface area contributed by atoms with Gasteiger partial charge in [0.05, 0.1) is 6.61 Å². The van der Waals surface area contributed by atoms with E-state index in [1.807, 2.05) is 6.66 Å². The molecule has 0 heterocycles. The molecule has 0 radical (unpaired) electrons. The maximum absolute atomic E-state index is 5.43. The second-order valence-corrected chi connectivity index (χ2v) is 3.99. The molecule has 0 N–H and O–H groups in total. The van der Waals surface area contributed by atoms with E-state index in [-0.39, 0.29) is 0 Å². The van der Waals surface area contributed by atoms with Crippen LogP contribution < -0.4 is 0 Å². The molecule has 0 aromatic rings. The topological polar surface area (TPSA) is 21.7 Å². The lowest BCUT2D eigenvalue weighted by atomic mass is 10.5. The number of nitrogens with zero attached hydrogens (tertiary/aromatic N) is 1. The second-order valence-electron chi connectivity index (χ2n) is 2.48. The molecular weight excluding hydrogens is 173 g/mol. The molecule has 0 rings (SSSR count). The van der Waals surface area contributed by atoms with E-state index in [0.29, 0.717) is 0 Å². The maximum Gasteiger partial charge on any atom is 0.166 e. The van der Waals surface area contributed by atoms with Crippen LogP contribution in [0.2, 0.25) is 0 Å². The summed E-state index contributed by atoms with van der Waals surface area (Å²) in [7, 11) is 1.04. The lowest BCUT2D eigenvalue weighted by molar-refractivity contribution is 0.216. The molecular formula is C8H20NO2P. The van der Waals surface area contributed by atoms with Gasteiger partial charge in [-0.05, 0) is 13.1 Å². The summed E-state index contributed by atoms with van der Waals surface area (Å²) in [5.41, 5.74) is 0. The first-order chi connectivity index (χ1) is 5.74. The smallest absolute Gasteiger partial charge is 0.166 e. The predicted molar refractivity (Wildman–Crippen MR) is 53.6 cm³/mol. The first kappa shape index (κ1) is 12.3. The Balaban J connectivity index is 3.28. The molecule has 0 spiro atoms. The van der Waals surface area contributed by atoms with E-state index in [1.54, 1.807) is 7.11 Å². The van der Waals surface area contributed by atoms with Gasteiger partial charge in [0.15, 0.2) is 8.38 Å². The summed E-state index contributed by atoms with van der Waals surface area (Å²) in [6.45, 7) is 10.3. The molecule has 0 fully saturated rings. The molecule has 4 heteroatoms. The summed E-state index contributed by atoms with van der Waals surface area (Å²) in [5.74, 6) is 0. The maximum atomic E-state index is 5.43. The van der Waals surface area contributed by atoms with Crippen molar-refractivity contribution in [1.82, 2.24) is 4.90 Å². The minimum absolute atomic E-state index is 0.646. The molecule has 0 amide bonds. The van der Waals surface area contributed by atoms with Gasteiger partial charge >= 0.3 is 0 Å². The first-order valence-corrected chi connectivity index (χ1v) is 6.00. The van der Waals surface area contributed by atoms with Crippen LogP contribution in [0.4, 0.5) is 0 Å². The molecule has 0 aliphatic heterocycles. The molecule has 12 heavy (non-hydrogen) atoms. The molecule has 0 bridgehead atoms. The average molecular weight is 193 g/mol. The zero-order chi connectivity index (χ0) is 9.40. The number of hydrogen-bond donors (Lipinski definition) is 0. The van der Waals surface area contributed by atoms with Crippen LogP contribution in [0.1, 0.15) is 13.8 Å². The van der Waals surface area contributed by atoms with Gasteiger partial charge in [0.2, 0.25) is 0 Å². The Bertz CT molecular complexity index is 99.1. The van der Waals surface area contributed by atoms with Gasteiger partial charge in [-0.3, -0.25) is 0 Å². The van der Waals surface area contributed by atoms with E-state index < -0.39 is 8.38 Å². The van der Waals surface area contributed by atoms with E-state index in [1.165, 1.54) is 0 Å². The Kier molecular flexibility index (Phi) is 8.14. The number of likely N-dealkylation sites (N-methyl/N-ethyl adjacent to an activating group) is 1. The molecule has 0 aromatic carbocycles. The van der Waals surface area contributed by atoms with Crippen LogP contribution in [0.5, 0.6) is 0 Å². The van der Waals surface area contributed by atoms with Crippen molar-refractivity contribution in [2.24, 2.45) is 0 Å². The van der Waals surface area contributed by atoms with Crippen molar-refractivity contribution in [3.8, 4) is 0 Å². The SMILES string of the molecule is CCN(CC)CCOP(C)OC. The van der Waals surface area contributed by atoms with Crippen molar-refractivity contribution >= 4 is 8.38 Å². The van der Waals surface area contributed by atoms with E-state index in [2.05, 4.69) is 18.7 Å². The minimum atomic E-state index is -0.646. The van der Waals surface area contributed by atoms with Crippen molar-refractivity contribution < 1.29 is 9.05 Å². The Labute approximate surface area is 77.0 Å². The molecule has 0 aliphatic carbocycles. The Morgan fingerprint density at radius 3 is 2.25 bits per heavy atom. The summed E-state index contributed by atoms with van der Waals surface area (Å²) in [6.07, 6.45) is 0. The lowest BCUT2D eigenvalue weighted by Gasteiger charge is -2.18. The van der Waals surface area contributed by atoms with Gasteiger partial charge in [0, 0.05) is 20.3 Å². The summed E-state index contributed by atoms with van der Waals surface area (Å²) >= 11 is 0. The monoisotopic (exact) mass is 193 g/mol. The fraction of sp³-hybridized carbons (Fsp3) is 1.00. The molecule has 74 valence electrons. The van der Waals surface area contributed by atoms with E-state index in [4.69, 9.17) is 9.05 Å². The highest BCUT2D eigenvalue weighted by atomic mass is 31.2. The summed E-state index contributed by atoms with van der Waals surface area (Å²) < 4.78 is 10.4. The van der Waals surface area contributed by atoms with Gasteiger partial charge < -0.3 is 13.9 Å². The van der Waals surface area contributed by atoms with Gasteiger partial charge in [-0.1, -0.05) is 13.8 Å². The summed E-state index contributed by atoms with van der Waals surface area (Å²) in [6, 6.07) is 0. The predicted octanol–water partition coefficient (Wildman–Crippen LogP) is 1.93. The van der Waals surface area contributed by atoms with E-state index in [9.17, 15) is 0 Å². The van der Waals surface area contributed by atoms with Crippen molar-refractivity contribution in [3.63, 3.8) is 0 Å². The average Bonchev–Trinajstić information content (AvgIpc) is 2.12. The summed E-state index contributed by atoms with van der Waals surface area (Å²) in [5, 5.41) is 0. The number of rotatable bonds is 7. The molecule has 0 aliphatic rings. The Morgan fingerprint density at radius 1 is 1.25 bits per heavy atom. The van der Waals surface area contributed by atoms with Crippen molar-refractivity contribution in [3.05, 3.63) is 0 Å². The van der Waals surface area contributed by atoms with Crippen LogP contribution in [0.3, 0.4) is 0 Å². The van der Waals surface area contributed by atoms with Crippen LogP contribution in [0.25, 0.3) is 0 Å². The molecule has 0 aromatic heterocycles. The first-order valence-electron chi connectivity index (χ1n) is 4.37. The minimum Gasteiger partial charge on any atom is -0.338 e. The van der Waals surface area contributed by atoms with Gasteiger partial charge in [-0.2, -0.15) is 0 Å². The van der Waals surface area contributed by atoms with Gasteiger partial charge in [-0.15, -0.1) is 0 Å². The third-order valence-electron chi connectivity index (χ3n) is 1.83. The molecule has 1 unspecified atom stereocenters. The van der Waals surface area contributed by atoms with Crippen LogP contribution in [0.15, 0.2) is 0 Å². The zero-order valence-electron chi connectivity index (χ0n) is 8.54. The van der Waals surface area contributed by atoms with Crippen molar-refractivity contribution in [1.29, 1.82) is 0 Å². The Morgan fingerprint density at radius 2 is 1.83 bits per heavy atom. The fourth-order valence-electron chi connectivity index (χ4n) is 0.891. The highest BCUT2D eigenvalue weighted by Gasteiger charge is 2.01. The van der Waals surface area contributed by atoms with Crippen LogP contribution in [-0.4, -0.2) is 44.9 Å². The van der Waals surface area contributed by atoms with Gasteiger partial charge in [-0.25, -0.2) is 0 Å². The molecule has 3 nitrogen and oxygen atoms in total. The normalized spacial score (nSPS) is 13.8. The van der Waals surface area contributed by atoms with Gasteiger partial charge in [0.25, 0.3) is 0 Å². The van der Waals surface area contributed by atoms with Crippen molar-refractivity contribution in [2.75, 3.05) is 40.0 Å². The third kappa shape index (κ3) is 5.90. The van der Waals surface area contributed by atoms with Crippen LogP contribution in [-0.2, 0) is 9.05 Å². The van der Waals surface area contributed by atoms with Crippen LogP contribution >= 0.6 is 8.38 Å². The van der Waals surface area contributed by atoms with E-state index in [0.717, 1.165) is 26.2 Å². The summed E-state index contributed by atoms with van der Waals surface area (Å²) in [4.78, 5) is 2.33. The van der Waals surface area contributed by atoms with E-state index >= 15 is 0 Å². The highest BCUT2D eigenvalue weighted by molar-refractivity contribution is 7.46. The molecule has 0 saturated heterocycles. The lowest BCUT2D eigenvalue weighted by Crippen LogP contribution is -2.26. The van der Waals surface area contributed by atoms with Crippen LogP contribution in [0, 0.1) is 0 Å². The molecule has 1 atom stereocenters. The fourth-order valence-corrected chi connectivity index (χ4v) is 1.34. The van der Waals surface area contributed by atoms with Gasteiger partial charge in [0.1, 0.15) is 0 Å². The highest BCUT2D eigenvalue weighted by Crippen LogP contribution is 2.31. The largest absolute Gasteiger partial charge is 0.338 e. The quantitative estimate of drug-likeness (QED) is 0.577. The standard InChI is InChI=1S/C8H20NO2P/c1-5-9(6-2)7-8-11-12(4)10-3/h5-8H2,1-4H3. The zero-order valence-corrected chi connectivity index (χ0v) is 9.43. The molecule has 0 saturated carbocycles. The third-order valence-corrected chi connectivity index (χ3v) is 2.89. The van der Waals surface area contributed by atoms with Crippen molar-refractivity contribution in [2.45, 2.75) is 13.8 Å². The number of hydrogen-bond acceptors (Lipinski definition) is 3. The Hall–Kier alpha value is 0.310. The second kappa shape index (κ2) is 7.93.